The monoisotopic (exact) mass is 565 g/mol. The van der Waals surface area contributed by atoms with Gasteiger partial charge in [0, 0.05) is 18.2 Å². The number of fused-ring (bicyclic) bond motifs is 1. The average molecular weight is 566 g/mol. The van der Waals surface area contributed by atoms with E-state index < -0.39 is 38.0 Å². The number of unbranched alkanes of at least 4 members (excludes halogenated alkanes) is 1. The van der Waals surface area contributed by atoms with Gasteiger partial charge in [-0.25, -0.2) is 12.8 Å². The molecule has 0 saturated carbocycles. The first-order valence-corrected chi connectivity index (χ1v) is 14.4. The summed E-state index contributed by atoms with van der Waals surface area (Å²) in [6.07, 6.45) is 4.86. The summed E-state index contributed by atoms with van der Waals surface area (Å²) in [4.78, 5) is 20.1. The topological polar surface area (TPSA) is 121 Å². The Morgan fingerprint density at radius 2 is 1.77 bits per heavy atom. The smallest absolute Gasteiger partial charge is 0.296 e. The van der Waals surface area contributed by atoms with Crippen LogP contribution in [0.4, 0.5) is 4.39 Å². The molecular formula is C29H28FN3O6S. The molecular weight excluding hydrogens is 537 g/mol. The third-order valence-electron chi connectivity index (χ3n) is 6.84. The van der Waals surface area contributed by atoms with Gasteiger partial charge >= 0.3 is 0 Å². The Morgan fingerprint density at radius 1 is 1.02 bits per heavy atom. The molecule has 0 fully saturated rings. The molecule has 1 aliphatic heterocycles. The third kappa shape index (κ3) is 5.04. The SMILES string of the molecule is CCCCc1nc(=O)c(S(=O)(=O)c2ccc(-c3cncc(F)c3)cc2)c(O)n1[C@@H](CC)c1ccc2c(c1)OCO2. The van der Waals surface area contributed by atoms with Crippen molar-refractivity contribution in [1.29, 1.82) is 0 Å². The van der Waals surface area contributed by atoms with Gasteiger partial charge in [-0.1, -0.05) is 38.5 Å². The van der Waals surface area contributed by atoms with E-state index >= 15 is 0 Å². The van der Waals surface area contributed by atoms with Gasteiger partial charge < -0.3 is 14.6 Å². The summed E-state index contributed by atoms with van der Waals surface area (Å²) in [5, 5.41) is 11.5. The van der Waals surface area contributed by atoms with Crippen molar-refractivity contribution in [3.05, 3.63) is 88.5 Å². The van der Waals surface area contributed by atoms with Crippen LogP contribution in [0.1, 0.15) is 50.5 Å². The van der Waals surface area contributed by atoms with E-state index in [9.17, 15) is 22.7 Å². The number of aromatic hydroxyl groups is 1. The molecule has 3 heterocycles. The number of hydrogen-bond donors (Lipinski definition) is 1. The number of hydrogen-bond acceptors (Lipinski definition) is 8. The molecule has 0 amide bonds. The summed E-state index contributed by atoms with van der Waals surface area (Å²) in [5.41, 5.74) is 0.709. The second-order valence-corrected chi connectivity index (χ2v) is 11.3. The molecule has 5 rings (SSSR count). The predicted molar refractivity (Wildman–Crippen MR) is 145 cm³/mol. The molecule has 0 unspecified atom stereocenters. The molecule has 11 heteroatoms. The summed E-state index contributed by atoms with van der Waals surface area (Å²) in [7, 11) is -4.48. The van der Waals surface area contributed by atoms with Gasteiger partial charge in [0.25, 0.3) is 5.56 Å². The number of benzene rings is 2. The lowest BCUT2D eigenvalue weighted by atomic mass is 10.0. The highest BCUT2D eigenvalue weighted by Gasteiger charge is 2.32. The molecule has 1 aliphatic rings. The molecule has 0 spiro atoms. The molecule has 2 aromatic carbocycles. The van der Waals surface area contributed by atoms with E-state index in [4.69, 9.17) is 9.47 Å². The van der Waals surface area contributed by atoms with Crippen molar-refractivity contribution >= 4 is 9.84 Å². The van der Waals surface area contributed by atoms with E-state index in [1.54, 1.807) is 12.1 Å². The fourth-order valence-corrected chi connectivity index (χ4v) is 6.17. The standard InChI is InChI=1S/C29H28FN3O6S/c1-3-5-6-26-32-28(34)27(29(35)33(26)23(4-2)19-9-12-24-25(14-19)39-17-38-24)40(36,37)22-10-7-18(8-11-22)20-13-21(30)16-31-15-20/h7-16,23,35H,3-6,17H2,1-2H3/t23-/m0/s1. The summed E-state index contributed by atoms with van der Waals surface area (Å²) in [5.74, 6) is 0.228. The Labute approximate surface area is 230 Å². The van der Waals surface area contributed by atoms with Crippen molar-refractivity contribution < 1.29 is 27.4 Å². The van der Waals surface area contributed by atoms with Gasteiger partial charge in [0.1, 0.15) is 11.6 Å². The van der Waals surface area contributed by atoms with Crippen molar-refractivity contribution in [1.82, 2.24) is 14.5 Å². The second-order valence-electron chi connectivity index (χ2n) is 9.42. The Hall–Kier alpha value is -4.25. The van der Waals surface area contributed by atoms with E-state index in [-0.39, 0.29) is 11.7 Å². The number of nitrogens with zero attached hydrogens (tertiary/aromatic N) is 3. The Bertz CT molecular complexity index is 1720. The molecule has 1 atom stereocenters. The van der Waals surface area contributed by atoms with Gasteiger partial charge in [0.15, 0.2) is 16.4 Å². The van der Waals surface area contributed by atoms with Crippen LogP contribution in [0.25, 0.3) is 11.1 Å². The number of aryl methyl sites for hydroxylation is 1. The van der Waals surface area contributed by atoms with E-state index in [1.165, 1.54) is 41.1 Å². The zero-order valence-corrected chi connectivity index (χ0v) is 22.8. The maximum atomic E-state index is 13.7. The first-order valence-electron chi connectivity index (χ1n) is 12.9. The summed E-state index contributed by atoms with van der Waals surface area (Å²) in [6.45, 7) is 3.98. The molecule has 40 heavy (non-hydrogen) atoms. The van der Waals surface area contributed by atoms with Gasteiger partial charge in [-0.15, -0.1) is 0 Å². The van der Waals surface area contributed by atoms with Gasteiger partial charge in [-0.2, -0.15) is 4.98 Å². The summed E-state index contributed by atoms with van der Waals surface area (Å²) < 4.78 is 53.5. The molecule has 9 nitrogen and oxygen atoms in total. The lowest BCUT2D eigenvalue weighted by Gasteiger charge is -2.25. The highest BCUT2D eigenvalue weighted by atomic mass is 32.2. The van der Waals surface area contributed by atoms with E-state index in [1.807, 2.05) is 19.9 Å². The number of pyridine rings is 1. The minimum Gasteiger partial charge on any atom is -0.493 e. The van der Waals surface area contributed by atoms with Crippen LogP contribution < -0.4 is 15.0 Å². The van der Waals surface area contributed by atoms with E-state index in [0.29, 0.717) is 47.7 Å². The van der Waals surface area contributed by atoms with Crippen molar-refractivity contribution in [2.24, 2.45) is 0 Å². The maximum Gasteiger partial charge on any atom is 0.296 e. The maximum absolute atomic E-state index is 13.7. The van der Waals surface area contributed by atoms with Crippen molar-refractivity contribution in [3.63, 3.8) is 0 Å². The molecule has 1 N–H and O–H groups in total. The van der Waals surface area contributed by atoms with Crippen LogP contribution in [0.3, 0.4) is 0 Å². The number of halogens is 1. The van der Waals surface area contributed by atoms with Crippen LogP contribution in [0, 0.1) is 5.82 Å². The summed E-state index contributed by atoms with van der Waals surface area (Å²) >= 11 is 0. The molecule has 0 aliphatic carbocycles. The molecule has 4 aromatic rings. The first-order chi connectivity index (χ1) is 19.2. The van der Waals surface area contributed by atoms with Gasteiger partial charge in [0.2, 0.25) is 22.5 Å². The van der Waals surface area contributed by atoms with Crippen molar-refractivity contribution in [2.45, 2.75) is 55.4 Å². The highest BCUT2D eigenvalue weighted by Crippen LogP contribution is 2.38. The quantitative estimate of drug-likeness (QED) is 0.299. The van der Waals surface area contributed by atoms with Crippen LogP contribution in [-0.4, -0.2) is 34.9 Å². The van der Waals surface area contributed by atoms with Crippen LogP contribution in [0.5, 0.6) is 17.4 Å². The van der Waals surface area contributed by atoms with Crippen LogP contribution in [0.15, 0.2) is 75.5 Å². The highest BCUT2D eigenvalue weighted by molar-refractivity contribution is 7.91. The average Bonchev–Trinajstić information content (AvgIpc) is 3.41. The number of sulfone groups is 1. The largest absolute Gasteiger partial charge is 0.493 e. The number of rotatable bonds is 9. The zero-order valence-electron chi connectivity index (χ0n) is 22.0. The number of aromatic nitrogens is 3. The zero-order chi connectivity index (χ0) is 28.4. The van der Waals surface area contributed by atoms with Crippen LogP contribution in [-0.2, 0) is 16.3 Å². The van der Waals surface area contributed by atoms with Gasteiger partial charge in [-0.3, -0.25) is 14.3 Å². The first kappa shape index (κ1) is 27.3. The minimum absolute atomic E-state index is 0.0963. The Balaban J connectivity index is 1.62. The third-order valence-corrected chi connectivity index (χ3v) is 8.63. The molecule has 0 bridgehead atoms. The van der Waals surface area contributed by atoms with Crippen LogP contribution in [0.2, 0.25) is 0 Å². The Morgan fingerprint density at radius 3 is 2.48 bits per heavy atom. The molecule has 0 radical (unpaired) electrons. The molecule has 0 saturated heterocycles. The van der Waals surface area contributed by atoms with Crippen molar-refractivity contribution in [3.8, 4) is 28.5 Å². The second kappa shape index (κ2) is 11.1. The lowest BCUT2D eigenvalue weighted by molar-refractivity contribution is 0.174. The van der Waals surface area contributed by atoms with Crippen LogP contribution >= 0.6 is 0 Å². The van der Waals surface area contributed by atoms with E-state index in [2.05, 4.69) is 9.97 Å². The fraction of sp³-hybridized carbons (Fsp3) is 0.276. The van der Waals surface area contributed by atoms with E-state index in [0.717, 1.165) is 18.2 Å². The summed E-state index contributed by atoms with van der Waals surface area (Å²) in [6, 6.07) is 11.7. The van der Waals surface area contributed by atoms with Gasteiger partial charge in [-0.05, 0) is 54.3 Å². The molecule has 208 valence electrons. The number of ether oxygens (including phenoxy) is 2. The van der Waals surface area contributed by atoms with Gasteiger partial charge in [0.05, 0.1) is 17.1 Å². The molecule has 2 aromatic heterocycles. The predicted octanol–water partition coefficient (Wildman–Crippen LogP) is 5.05. The minimum atomic E-state index is -4.48. The lowest BCUT2D eigenvalue weighted by Crippen LogP contribution is -2.27. The van der Waals surface area contributed by atoms with Crippen molar-refractivity contribution in [2.75, 3.05) is 6.79 Å². The fourth-order valence-electron chi connectivity index (χ4n) is 4.82. The Kier molecular flexibility index (Phi) is 7.57. The normalized spacial score (nSPS) is 13.4.